The van der Waals surface area contributed by atoms with Gasteiger partial charge in [-0.15, -0.1) is 0 Å². The Morgan fingerprint density at radius 1 is 0.811 bits per heavy atom. The number of carbonyl (C=O) groups is 2. The first-order valence-corrected chi connectivity index (χ1v) is 12.1. The molecule has 4 rings (SSSR count). The van der Waals surface area contributed by atoms with Gasteiger partial charge in [-0.05, 0) is 66.4 Å². The monoisotopic (exact) mass is 518 g/mol. The quantitative estimate of drug-likeness (QED) is 0.235. The average Bonchev–Trinajstić information content (AvgIpc) is 3.36. The van der Waals surface area contributed by atoms with Gasteiger partial charge in [0.25, 0.3) is 0 Å². The molecule has 0 atom stereocenters. The van der Waals surface area contributed by atoms with Crippen molar-refractivity contribution in [3.8, 4) is 17.2 Å². The van der Waals surface area contributed by atoms with Crippen molar-refractivity contribution >= 4 is 40.1 Å². The van der Waals surface area contributed by atoms with Gasteiger partial charge in [-0.1, -0.05) is 18.2 Å². The summed E-state index contributed by atoms with van der Waals surface area (Å²) in [7, 11) is 4.50. The summed E-state index contributed by atoms with van der Waals surface area (Å²) in [5.41, 5.74) is 4.60. The molecule has 0 spiro atoms. The first-order valence-electron chi connectivity index (χ1n) is 11.4. The highest BCUT2D eigenvalue weighted by Gasteiger charge is 2.26. The number of allylic oxidation sites excluding steroid dienone is 1. The molecule has 0 unspecified atom stereocenters. The molecule has 0 aliphatic heterocycles. The Morgan fingerprint density at radius 2 is 1.46 bits per heavy atom. The van der Waals surface area contributed by atoms with Crippen LogP contribution in [0.5, 0.6) is 17.2 Å². The van der Waals surface area contributed by atoms with Gasteiger partial charge in [-0.25, -0.2) is 4.79 Å². The van der Waals surface area contributed by atoms with E-state index >= 15 is 0 Å². The normalized spacial score (nSPS) is 11.7. The number of carboxylic acids is 1. The molecule has 0 radical (unpaired) electrons. The van der Waals surface area contributed by atoms with Crippen LogP contribution in [0, 0.1) is 13.8 Å². The summed E-state index contributed by atoms with van der Waals surface area (Å²) in [4.78, 5) is 26.6. The van der Waals surface area contributed by atoms with E-state index in [4.69, 9.17) is 14.2 Å². The lowest BCUT2D eigenvalue weighted by Crippen LogP contribution is -2.14. The number of Topliss-reactive ketones (excluding diaryl/α,β-unsaturated/α-hetero) is 1. The van der Waals surface area contributed by atoms with E-state index in [1.165, 1.54) is 21.3 Å². The van der Waals surface area contributed by atoms with Crippen LogP contribution in [0.1, 0.15) is 32.6 Å². The minimum absolute atomic E-state index is 0.0114. The molecular weight excluding hydrogens is 492 g/mol. The van der Waals surface area contributed by atoms with Gasteiger partial charge in [0.05, 0.1) is 38.6 Å². The average molecular weight is 519 g/mol. The highest BCUT2D eigenvalue weighted by Crippen LogP contribution is 2.39. The maximum absolute atomic E-state index is 13.9. The third-order valence-corrected chi connectivity index (χ3v) is 6.76. The van der Waals surface area contributed by atoms with Crippen LogP contribution in [0.4, 0.5) is 0 Å². The Labute approximate surface area is 218 Å². The fourth-order valence-corrected chi connectivity index (χ4v) is 4.66. The van der Waals surface area contributed by atoms with E-state index in [0.717, 1.165) is 22.9 Å². The summed E-state index contributed by atoms with van der Waals surface area (Å²) >= 11 is 1.04. The maximum Gasteiger partial charge on any atom is 0.336 e. The molecular formula is C28H26N2O6S. The molecule has 0 saturated carbocycles. The highest BCUT2D eigenvalue weighted by atomic mass is 32.1. The van der Waals surface area contributed by atoms with Gasteiger partial charge in [0.2, 0.25) is 5.75 Å². The van der Waals surface area contributed by atoms with E-state index in [9.17, 15) is 14.7 Å². The van der Waals surface area contributed by atoms with E-state index in [-0.39, 0.29) is 23.4 Å². The lowest BCUT2D eigenvalue weighted by atomic mass is 9.88. The summed E-state index contributed by atoms with van der Waals surface area (Å²) < 4.78 is 24.8. The van der Waals surface area contributed by atoms with Crippen molar-refractivity contribution < 1.29 is 28.9 Å². The van der Waals surface area contributed by atoms with Gasteiger partial charge in [0.1, 0.15) is 11.0 Å². The van der Waals surface area contributed by atoms with Crippen LogP contribution >= 0.6 is 11.7 Å². The van der Waals surface area contributed by atoms with Crippen LogP contribution in [-0.4, -0.2) is 46.9 Å². The minimum atomic E-state index is -1.22. The number of carbonyl (C=O) groups excluding carboxylic acids is 1. The molecule has 1 aromatic heterocycles. The summed E-state index contributed by atoms with van der Waals surface area (Å²) in [5.74, 6) is -0.393. The van der Waals surface area contributed by atoms with Crippen LogP contribution < -0.4 is 14.2 Å². The van der Waals surface area contributed by atoms with Gasteiger partial charge in [-0.3, -0.25) is 4.79 Å². The Bertz CT molecular complexity index is 1510. The number of aliphatic carboxylic acids is 1. The van der Waals surface area contributed by atoms with Crippen LogP contribution in [-0.2, 0) is 11.2 Å². The molecule has 0 saturated heterocycles. The first kappa shape index (κ1) is 25.8. The number of ether oxygens (including phenoxy) is 3. The molecule has 37 heavy (non-hydrogen) atoms. The first-order chi connectivity index (χ1) is 17.8. The van der Waals surface area contributed by atoms with E-state index < -0.39 is 5.97 Å². The van der Waals surface area contributed by atoms with Gasteiger partial charge >= 0.3 is 5.97 Å². The largest absolute Gasteiger partial charge is 0.493 e. The zero-order valence-corrected chi connectivity index (χ0v) is 21.9. The molecule has 0 fully saturated rings. The van der Waals surface area contributed by atoms with E-state index in [0.29, 0.717) is 45.0 Å². The summed E-state index contributed by atoms with van der Waals surface area (Å²) in [6.07, 6.45) is 0.0114. The van der Waals surface area contributed by atoms with Crippen LogP contribution in [0.15, 0.2) is 54.1 Å². The predicted molar refractivity (Wildman–Crippen MR) is 142 cm³/mol. The summed E-state index contributed by atoms with van der Waals surface area (Å²) in [6, 6.07) is 13.8. The molecule has 9 heteroatoms. The van der Waals surface area contributed by atoms with Crippen LogP contribution in [0.25, 0.3) is 16.6 Å². The lowest BCUT2D eigenvalue weighted by molar-refractivity contribution is -0.130. The SMILES string of the molecule is COc1cc(C/C(C(=O)c2ccc(C)c(C)c2)=C(\C(=O)O)c2ccc3nsnc3c2)cc(OC)c1OC. The number of nitrogens with zero attached hydrogens (tertiary/aromatic N) is 2. The van der Waals surface area contributed by atoms with Crippen molar-refractivity contribution in [3.05, 3.63) is 81.9 Å². The molecule has 1 heterocycles. The fourth-order valence-electron chi connectivity index (χ4n) is 4.15. The molecule has 8 nitrogen and oxygen atoms in total. The molecule has 190 valence electrons. The number of rotatable bonds is 9. The fraction of sp³-hybridized carbons (Fsp3) is 0.214. The highest BCUT2D eigenvalue weighted by molar-refractivity contribution is 7.00. The molecule has 3 aromatic carbocycles. The number of fused-ring (bicyclic) bond motifs is 1. The predicted octanol–water partition coefficient (Wildman–Crippen LogP) is 5.30. The second-order valence-corrected chi connectivity index (χ2v) is 8.99. The second-order valence-electron chi connectivity index (χ2n) is 8.46. The maximum atomic E-state index is 13.9. The van der Waals surface area contributed by atoms with Crippen LogP contribution in [0.3, 0.4) is 0 Å². The van der Waals surface area contributed by atoms with Crippen molar-refractivity contribution in [1.82, 2.24) is 8.75 Å². The number of aromatic nitrogens is 2. The number of methoxy groups -OCH3 is 3. The molecule has 1 N–H and O–H groups in total. The van der Waals surface area contributed by atoms with Crippen molar-refractivity contribution in [2.45, 2.75) is 20.3 Å². The zero-order valence-electron chi connectivity index (χ0n) is 21.1. The third kappa shape index (κ3) is 5.17. The Hall–Kier alpha value is -4.24. The van der Waals surface area contributed by atoms with E-state index in [2.05, 4.69) is 8.75 Å². The van der Waals surface area contributed by atoms with Gasteiger partial charge in [0, 0.05) is 17.6 Å². The van der Waals surface area contributed by atoms with Gasteiger partial charge in [0.15, 0.2) is 17.3 Å². The Balaban J connectivity index is 1.95. The second kappa shape index (κ2) is 10.8. The molecule has 0 aliphatic rings. The third-order valence-electron chi connectivity index (χ3n) is 6.21. The number of ketones is 1. The molecule has 4 aromatic rings. The van der Waals surface area contributed by atoms with Gasteiger partial charge < -0.3 is 19.3 Å². The van der Waals surface area contributed by atoms with Crippen molar-refractivity contribution in [1.29, 1.82) is 0 Å². The molecule has 0 aliphatic carbocycles. The van der Waals surface area contributed by atoms with E-state index in [1.807, 2.05) is 19.9 Å². The summed E-state index contributed by atoms with van der Waals surface area (Å²) in [5, 5.41) is 10.4. The van der Waals surface area contributed by atoms with Crippen molar-refractivity contribution in [2.75, 3.05) is 21.3 Å². The Morgan fingerprint density at radius 3 is 2.05 bits per heavy atom. The molecule has 0 amide bonds. The smallest absolute Gasteiger partial charge is 0.336 e. The Kier molecular flexibility index (Phi) is 7.54. The van der Waals surface area contributed by atoms with Gasteiger partial charge in [-0.2, -0.15) is 8.75 Å². The van der Waals surface area contributed by atoms with Crippen LogP contribution in [0.2, 0.25) is 0 Å². The molecule has 0 bridgehead atoms. The topological polar surface area (TPSA) is 108 Å². The standard InChI is InChI=1S/C28H26N2O6S/c1-15-6-7-19(10-16(15)2)26(31)20(11-17-12-23(34-3)27(36-5)24(13-17)35-4)25(28(32)33)18-8-9-21-22(14-18)30-37-29-21/h6-10,12-14H,11H2,1-5H3,(H,32,33)/b25-20+. The van der Waals surface area contributed by atoms with Crippen molar-refractivity contribution in [3.63, 3.8) is 0 Å². The number of carboxylic acid groups (broad SMARTS) is 1. The minimum Gasteiger partial charge on any atom is -0.493 e. The zero-order chi connectivity index (χ0) is 26.7. The van der Waals surface area contributed by atoms with Crippen molar-refractivity contribution in [2.24, 2.45) is 0 Å². The van der Waals surface area contributed by atoms with E-state index in [1.54, 1.807) is 42.5 Å². The number of hydrogen-bond acceptors (Lipinski definition) is 8. The summed E-state index contributed by atoms with van der Waals surface area (Å²) in [6.45, 7) is 3.87. The number of hydrogen-bond donors (Lipinski definition) is 1. The number of benzene rings is 3. The lowest BCUT2D eigenvalue weighted by Gasteiger charge is -2.17. The number of aryl methyl sites for hydroxylation is 2.